The Labute approximate surface area is 121 Å². The van der Waals surface area contributed by atoms with Gasteiger partial charge in [-0.1, -0.05) is 6.07 Å². The predicted molar refractivity (Wildman–Crippen MR) is 73.9 cm³/mol. The Balaban J connectivity index is 2.48. The van der Waals surface area contributed by atoms with Gasteiger partial charge in [0.25, 0.3) is 10.0 Å². The molecule has 1 heterocycles. The topological polar surface area (TPSA) is 46.2 Å². The minimum Gasteiger partial charge on any atom is -0.273 e. The Morgan fingerprint density at radius 2 is 1.95 bits per heavy atom. The number of hydrogen-bond acceptors (Lipinski definition) is 3. The Morgan fingerprint density at radius 3 is 2.53 bits per heavy atom. The van der Waals surface area contributed by atoms with Crippen molar-refractivity contribution in [2.24, 2.45) is 0 Å². The molecule has 2 rings (SSSR count). The second-order valence-corrected chi connectivity index (χ2v) is 7.36. The van der Waals surface area contributed by atoms with Crippen LogP contribution in [0, 0.1) is 18.6 Å². The largest absolute Gasteiger partial charge is 0.273 e. The number of benzene rings is 1. The average Bonchev–Trinajstić information content (AvgIpc) is 2.77. The molecule has 0 spiro atoms. The second kappa shape index (κ2) is 5.18. The van der Waals surface area contributed by atoms with E-state index in [4.69, 9.17) is 0 Å². The fourth-order valence-electron chi connectivity index (χ4n) is 1.40. The Bertz CT molecular complexity index is 728. The van der Waals surface area contributed by atoms with E-state index in [0.717, 1.165) is 17.4 Å². The van der Waals surface area contributed by atoms with Gasteiger partial charge in [-0.2, -0.15) is 0 Å². The van der Waals surface area contributed by atoms with E-state index in [1.54, 1.807) is 11.4 Å². The van der Waals surface area contributed by atoms with E-state index in [2.05, 4.69) is 15.9 Å². The molecule has 0 saturated heterocycles. The van der Waals surface area contributed by atoms with Crippen LogP contribution in [-0.2, 0) is 10.0 Å². The maximum Gasteiger partial charge on any atom is 0.272 e. The fourth-order valence-corrected chi connectivity index (χ4v) is 4.81. The standard InChI is InChI=1S/C11H8BrF2NO2S2/c1-6-2-3-8(13)10(9(6)14)15-19(16,17)11-7(12)4-5-18-11/h2-5,15H,1H3. The molecule has 19 heavy (non-hydrogen) atoms. The summed E-state index contributed by atoms with van der Waals surface area (Å²) in [6.45, 7) is 1.42. The molecular formula is C11H8BrF2NO2S2. The number of rotatable bonds is 3. The summed E-state index contributed by atoms with van der Waals surface area (Å²) in [5, 5.41) is 1.56. The van der Waals surface area contributed by atoms with E-state index in [9.17, 15) is 17.2 Å². The molecule has 0 aliphatic rings. The number of sulfonamides is 1. The van der Waals surface area contributed by atoms with E-state index in [1.807, 2.05) is 4.72 Å². The monoisotopic (exact) mass is 367 g/mol. The molecule has 0 saturated carbocycles. The average molecular weight is 368 g/mol. The number of anilines is 1. The van der Waals surface area contributed by atoms with Gasteiger partial charge in [0.05, 0.1) is 0 Å². The zero-order valence-electron chi connectivity index (χ0n) is 9.58. The van der Waals surface area contributed by atoms with E-state index < -0.39 is 27.3 Å². The molecule has 2 aromatic rings. The van der Waals surface area contributed by atoms with Crippen molar-refractivity contribution in [1.82, 2.24) is 0 Å². The van der Waals surface area contributed by atoms with Crippen LogP contribution in [0.25, 0.3) is 0 Å². The highest BCUT2D eigenvalue weighted by Crippen LogP contribution is 2.31. The third kappa shape index (κ3) is 2.80. The molecule has 1 N–H and O–H groups in total. The molecule has 0 unspecified atom stereocenters. The highest BCUT2D eigenvalue weighted by molar-refractivity contribution is 9.10. The Morgan fingerprint density at radius 1 is 1.26 bits per heavy atom. The minimum atomic E-state index is -4.02. The van der Waals surface area contributed by atoms with Gasteiger partial charge in [-0.05, 0) is 45.9 Å². The summed E-state index contributed by atoms with van der Waals surface area (Å²) < 4.78 is 53.6. The van der Waals surface area contributed by atoms with Crippen LogP contribution in [0.5, 0.6) is 0 Å². The smallest absolute Gasteiger partial charge is 0.272 e. The summed E-state index contributed by atoms with van der Waals surface area (Å²) in [6, 6.07) is 3.80. The number of nitrogens with one attached hydrogen (secondary N) is 1. The van der Waals surface area contributed by atoms with Gasteiger partial charge in [-0.3, -0.25) is 4.72 Å². The van der Waals surface area contributed by atoms with Gasteiger partial charge >= 0.3 is 0 Å². The third-order valence-corrected chi connectivity index (χ3v) is 6.37. The van der Waals surface area contributed by atoms with Crippen molar-refractivity contribution in [1.29, 1.82) is 0 Å². The van der Waals surface area contributed by atoms with Gasteiger partial charge < -0.3 is 0 Å². The van der Waals surface area contributed by atoms with E-state index in [1.165, 1.54) is 13.0 Å². The normalized spacial score (nSPS) is 11.6. The first-order chi connectivity index (χ1) is 8.83. The predicted octanol–water partition coefficient (Wildman–Crippen LogP) is 3.90. The first-order valence-corrected chi connectivity index (χ1v) is 8.19. The maximum absolute atomic E-state index is 13.8. The first-order valence-electron chi connectivity index (χ1n) is 5.03. The van der Waals surface area contributed by atoms with Crippen LogP contribution in [-0.4, -0.2) is 8.42 Å². The molecule has 0 aliphatic carbocycles. The van der Waals surface area contributed by atoms with E-state index in [-0.39, 0.29) is 9.77 Å². The summed E-state index contributed by atoms with van der Waals surface area (Å²) in [7, 11) is -4.02. The molecule has 3 nitrogen and oxygen atoms in total. The molecule has 1 aromatic carbocycles. The number of hydrogen-bond donors (Lipinski definition) is 1. The van der Waals surface area contributed by atoms with Gasteiger partial charge in [-0.25, -0.2) is 17.2 Å². The molecule has 102 valence electrons. The molecule has 0 atom stereocenters. The van der Waals surface area contributed by atoms with Crippen molar-refractivity contribution >= 4 is 43.0 Å². The first kappa shape index (κ1) is 14.4. The highest BCUT2D eigenvalue weighted by Gasteiger charge is 2.23. The van der Waals surface area contributed by atoms with Crippen molar-refractivity contribution in [3.63, 3.8) is 0 Å². The third-order valence-electron chi connectivity index (χ3n) is 2.35. The van der Waals surface area contributed by atoms with Crippen molar-refractivity contribution < 1.29 is 17.2 Å². The van der Waals surface area contributed by atoms with Crippen molar-refractivity contribution in [2.75, 3.05) is 4.72 Å². The second-order valence-electron chi connectivity index (χ2n) is 3.71. The quantitative estimate of drug-likeness (QED) is 0.893. The zero-order chi connectivity index (χ0) is 14.2. The van der Waals surface area contributed by atoms with Crippen LogP contribution in [0.2, 0.25) is 0 Å². The van der Waals surface area contributed by atoms with Gasteiger partial charge in [0, 0.05) is 4.47 Å². The van der Waals surface area contributed by atoms with Crippen molar-refractivity contribution in [2.45, 2.75) is 11.1 Å². The summed E-state index contributed by atoms with van der Waals surface area (Å²) in [6.07, 6.45) is 0. The number of thiophene rings is 1. The fraction of sp³-hybridized carbons (Fsp3) is 0.0909. The van der Waals surface area contributed by atoms with Crippen LogP contribution < -0.4 is 4.72 Å². The summed E-state index contributed by atoms with van der Waals surface area (Å²) in [4.78, 5) is 0. The summed E-state index contributed by atoms with van der Waals surface area (Å²) >= 11 is 4.02. The highest BCUT2D eigenvalue weighted by atomic mass is 79.9. The van der Waals surface area contributed by atoms with Crippen LogP contribution >= 0.6 is 27.3 Å². The van der Waals surface area contributed by atoms with E-state index >= 15 is 0 Å². The van der Waals surface area contributed by atoms with Gasteiger partial charge in [0.1, 0.15) is 11.5 Å². The lowest BCUT2D eigenvalue weighted by Gasteiger charge is -2.10. The van der Waals surface area contributed by atoms with Crippen LogP contribution in [0.15, 0.2) is 32.3 Å². The van der Waals surface area contributed by atoms with Crippen LogP contribution in [0.1, 0.15) is 5.56 Å². The minimum absolute atomic E-state index is 0.0344. The van der Waals surface area contributed by atoms with Crippen LogP contribution in [0.4, 0.5) is 14.5 Å². The van der Waals surface area contributed by atoms with Gasteiger partial charge in [0.15, 0.2) is 10.0 Å². The Hall–Kier alpha value is -0.990. The molecule has 0 amide bonds. The number of halogens is 3. The lowest BCUT2D eigenvalue weighted by molar-refractivity contribution is 0.579. The molecule has 0 bridgehead atoms. The molecular weight excluding hydrogens is 360 g/mol. The van der Waals surface area contributed by atoms with Crippen molar-refractivity contribution in [3.05, 3.63) is 45.2 Å². The van der Waals surface area contributed by atoms with Crippen molar-refractivity contribution in [3.8, 4) is 0 Å². The molecule has 0 aliphatic heterocycles. The molecule has 0 fully saturated rings. The summed E-state index contributed by atoms with van der Waals surface area (Å²) in [5.74, 6) is -1.88. The SMILES string of the molecule is Cc1ccc(F)c(NS(=O)(=O)c2sccc2Br)c1F. The number of aryl methyl sites for hydroxylation is 1. The molecule has 0 radical (unpaired) electrons. The lowest BCUT2D eigenvalue weighted by atomic mass is 10.2. The van der Waals surface area contributed by atoms with Gasteiger partial charge in [0.2, 0.25) is 0 Å². The molecule has 1 aromatic heterocycles. The van der Waals surface area contributed by atoms with Gasteiger partial charge in [-0.15, -0.1) is 11.3 Å². The molecule has 8 heteroatoms. The van der Waals surface area contributed by atoms with E-state index in [0.29, 0.717) is 4.47 Å². The van der Waals surface area contributed by atoms with Crippen LogP contribution in [0.3, 0.4) is 0 Å². The summed E-state index contributed by atoms with van der Waals surface area (Å²) in [5.41, 5.74) is -0.510. The zero-order valence-corrected chi connectivity index (χ0v) is 12.8. The lowest BCUT2D eigenvalue weighted by Crippen LogP contribution is -2.14. The maximum atomic E-state index is 13.8. The Kier molecular flexibility index (Phi) is 3.93.